The molecule has 31 heavy (non-hydrogen) atoms. The van der Waals surface area contributed by atoms with Crippen LogP contribution in [0.4, 0.5) is 5.69 Å². The lowest BCUT2D eigenvalue weighted by atomic mass is 10.1. The quantitative estimate of drug-likeness (QED) is 0.368. The molecule has 0 spiro atoms. The van der Waals surface area contributed by atoms with E-state index in [-0.39, 0.29) is 17.5 Å². The van der Waals surface area contributed by atoms with Crippen LogP contribution in [0.15, 0.2) is 52.9 Å². The van der Waals surface area contributed by atoms with Crippen LogP contribution in [-0.4, -0.2) is 22.6 Å². The molecule has 1 aromatic heterocycles. The van der Waals surface area contributed by atoms with Gasteiger partial charge in [0.25, 0.3) is 5.91 Å². The first kappa shape index (κ1) is 20.8. The number of hydrogen-bond acceptors (Lipinski definition) is 5. The van der Waals surface area contributed by atoms with E-state index in [0.717, 1.165) is 11.1 Å². The maximum atomic E-state index is 12.7. The zero-order valence-electron chi connectivity index (χ0n) is 17.3. The van der Waals surface area contributed by atoms with E-state index in [4.69, 9.17) is 20.8 Å². The average Bonchev–Trinajstić information content (AvgIpc) is 3.13. The molecule has 1 amide bonds. The van der Waals surface area contributed by atoms with Gasteiger partial charge in [-0.25, -0.2) is 4.98 Å². The molecular formula is C24H21ClN2O4. The molecule has 4 aromatic rings. The Labute approximate surface area is 184 Å². The first-order valence-corrected chi connectivity index (χ1v) is 10.2. The minimum absolute atomic E-state index is 0.00195. The molecule has 4 rings (SSSR count). The standard InChI is InChI=1S/C24H21ClN2O4/c1-4-30-21-8-5-15(11-18(21)25)23(29)26-16-6-7-20(28)17(12-16)24-27-19-9-13(2)14(3)10-22(19)31-24/h5-12,28H,4H2,1-3H3,(H,26,29). The molecule has 0 aliphatic rings. The van der Waals surface area contributed by atoms with Crippen molar-refractivity contribution < 1.29 is 19.1 Å². The minimum Gasteiger partial charge on any atom is -0.507 e. The summed E-state index contributed by atoms with van der Waals surface area (Å²) in [7, 11) is 0. The summed E-state index contributed by atoms with van der Waals surface area (Å²) in [6, 6.07) is 13.4. The van der Waals surface area contributed by atoms with Crippen molar-refractivity contribution in [2.75, 3.05) is 11.9 Å². The van der Waals surface area contributed by atoms with Crippen LogP contribution in [0.1, 0.15) is 28.4 Å². The Hall–Kier alpha value is -3.51. The van der Waals surface area contributed by atoms with E-state index >= 15 is 0 Å². The number of aromatic nitrogens is 1. The SMILES string of the molecule is CCOc1ccc(C(=O)Nc2ccc(O)c(-c3nc4cc(C)c(C)cc4o3)c2)cc1Cl. The van der Waals surface area contributed by atoms with Gasteiger partial charge in [0.15, 0.2) is 5.58 Å². The number of anilines is 1. The molecule has 0 radical (unpaired) electrons. The highest BCUT2D eigenvalue weighted by Crippen LogP contribution is 2.34. The van der Waals surface area contributed by atoms with Crippen molar-refractivity contribution in [1.82, 2.24) is 4.98 Å². The first-order valence-electron chi connectivity index (χ1n) is 9.80. The first-order chi connectivity index (χ1) is 14.9. The van der Waals surface area contributed by atoms with Crippen LogP contribution in [0.3, 0.4) is 0 Å². The number of rotatable bonds is 5. The number of carbonyl (C=O) groups is 1. The van der Waals surface area contributed by atoms with Gasteiger partial charge in [0.05, 0.1) is 17.2 Å². The summed E-state index contributed by atoms with van der Waals surface area (Å²) in [6.07, 6.45) is 0. The number of carbonyl (C=O) groups excluding carboxylic acids is 1. The van der Waals surface area contributed by atoms with E-state index in [0.29, 0.717) is 45.3 Å². The van der Waals surface area contributed by atoms with Gasteiger partial charge in [-0.1, -0.05) is 11.6 Å². The fraction of sp³-hybridized carbons (Fsp3) is 0.167. The van der Waals surface area contributed by atoms with E-state index < -0.39 is 0 Å². The van der Waals surface area contributed by atoms with Crippen LogP contribution in [0.25, 0.3) is 22.6 Å². The number of ether oxygens (including phenoxy) is 1. The van der Waals surface area contributed by atoms with E-state index in [9.17, 15) is 9.90 Å². The normalized spacial score (nSPS) is 11.0. The number of nitrogens with one attached hydrogen (secondary N) is 1. The number of benzene rings is 3. The Morgan fingerprint density at radius 3 is 2.65 bits per heavy atom. The Morgan fingerprint density at radius 2 is 1.90 bits per heavy atom. The van der Waals surface area contributed by atoms with Crippen LogP contribution in [0.5, 0.6) is 11.5 Å². The Kier molecular flexibility index (Phi) is 5.57. The molecule has 158 valence electrons. The number of aromatic hydroxyl groups is 1. The molecule has 0 atom stereocenters. The minimum atomic E-state index is -0.342. The smallest absolute Gasteiger partial charge is 0.255 e. The van der Waals surface area contributed by atoms with Crippen molar-refractivity contribution in [1.29, 1.82) is 0 Å². The summed E-state index contributed by atoms with van der Waals surface area (Å²) in [5, 5.41) is 13.5. The van der Waals surface area contributed by atoms with Gasteiger partial charge in [-0.15, -0.1) is 0 Å². The Morgan fingerprint density at radius 1 is 1.13 bits per heavy atom. The predicted molar refractivity (Wildman–Crippen MR) is 121 cm³/mol. The van der Waals surface area contributed by atoms with Crippen molar-refractivity contribution in [2.24, 2.45) is 0 Å². The monoisotopic (exact) mass is 436 g/mol. The van der Waals surface area contributed by atoms with Gasteiger partial charge in [0, 0.05) is 11.3 Å². The summed E-state index contributed by atoms with van der Waals surface area (Å²) >= 11 is 6.18. The molecule has 0 aliphatic carbocycles. The number of hydrogen-bond donors (Lipinski definition) is 2. The fourth-order valence-corrected chi connectivity index (χ4v) is 3.43. The lowest BCUT2D eigenvalue weighted by molar-refractivity contribution is 0.102. The summed E-state index contributed by atoms with van der Waals surface area (Å²) in [4.78, 5) is 17.2. The lowest BCUT2D eigenvalue weighted by Gasteiger charge is -2.10. The van der Waals surface area contributed by atoms with Crippen LogP contribution in [0, 0.1) is 13.8 Å². The van der Waals surface area contributed by atoms with Gasteiger partial charge >= 0.3 is 0 Å². The summed E-state index contributed by atoms with van der Waals surface area (Å²) in [6.45, 7) is 6.34. The maximum Gasteiger partial charge on any atom is 0.255 e. The molecule has 0 unspecified atom stereocenters. The zero-order valence-corrected chi connectivity index (χ0v) is 18.1. The number of phenolic OH excluding ortho intramolecular Hbond substituents is 1. The molecular weight excluding hydrogens is 416 g/mol. The van der Waals surface area contributed by atoms with Crippen LogP contribution < -0.4 is 10.1 Å². The second kappa shape index (κ2) is 8.32. The second-order valence-electron chi connectivity index (χ2n) is 7.19. The number of nitrogens with zero attached hydrogens (tertiary/aromatic N) is 1. The van der Waals surface area contributed by atoms with E-state index in [1.165, 1.54) is 6.07 Å². The van der Waals surface area contributed by atoms with Crippen LogP contribution in [0.2, 0.25) is 5.02 Å². The largest absolute Gasteiger partial charge is 0.507 e. The fourth-order valence-electron chi connectivity index (χ4n) is 3.20. The van der Waals surface area contributed by atoms with Crippen LogP contribution >= 0.6 is 11.6 Å². The molecule has 0 fully saturated rings. The van der Waals surface area contributed by atoms with E-state index in [1.54, 1.807) is 30.3 Å². The van der Waals surface area contributed by atoms with Crippen molar-refractivity contribution in [2.45, 2.75) is 20.8 Å². The molecule has 6 nitrogen and oxygen atoms in total. The number of aryl methyl sites for hydroxylation is 2. The zero-order chi connectivity index (χ0) is 22.1. The molecule has 0 bridgehead atoms. The van der Waals surface area contributed by atoms with Crippen molar-refractivity contribution >= 4 is 34.3 Å². The predicted octanol–water partition coefficient (Wildman–Crippen LogP) is 6.12. The molecule has 0 saturated carbocycles. The topological polar surface area (TPSA) is 84.6 Å². The van der Waals surface area contributed by atoms with Gasteiger partial charge in [-0.3, -0.25) is 4.79 Å². The van der Waals surface area contributed by atoms with E-state index in [2.05, 4.69) is 10.3 Å². The van der Waals surface area contributed by atoms with Crippen molar-refractivity contribution in [3.05, 3.63) is 70.2 Å². The number of oxazole rings is 1. The molecule has 3 aromatic carbocycles. The van der Waals surface area contributed by atoms with Crippen molar-refractivity contribution in [3.63, 3.8) is 0 Å². The summed E-state index contributed by atoms with van der Waals surface area (Å²) in [5.74, 6) is 0.458. The summed E-state index contributed by atoms with van der Waals surface area (Å²) in [5.41, 5.74) is 4.79. The molecule has 7 heteroatoms. The van der Waals surface area contributed by atoms with Gasteiger partial charge < -0.3 is 19.6 Å². The highest BCUT2D eigenvalue weighted by atomic mass is 35.5. The Balaban J connectivity index is 1.62. The summed E-state index contributed by atoms with van der Waals surface area (Å²) < 4.78 is 11.3. The number of fused-ring (bicyclic) bond motifs is 1. The van der Waals surface area contributed by atoms with Gasteiger partial charge in [0.2, 0.25) is 5.89 Å². The molecule has 0 saturated heterocycles. The molecule has 2 N–H and O–H groups in total. The van der Waals surface area contributed by atoms with Crippen LogP contribution in [-0.2, 0) is 0 Å². The van der Waals surface area contributed by atoms with Gasteiger partial charge in [-0.05, 0) is 80.4 Å². The van der Waals surface area contributed by atoms with E-state index in [1.807, 2.05) is 32.9 Å². The number of halogens is 1. The number of phenols is 1. The number of amides is 1. The Bertz CT molecular complexity index is 1260. The highest BCUT2D eigenvalue weighted by molar-refractivity contribution is 6.32. The second-order valence-corrected chi connectivity index (χ2v) is 7.59. The van der Waals surface area contributed by atoms with Gasteiger partial charge in [0.1, 0.15) is 17.0 Å². The van der Waals surface area contributed by atoms with Crippen molar-refractivity contribution in [3.8, 4) is 23.0 Å². The third-order valence-corrected chi connectivity index (χ3v) is 5.28. The van der Waals surface area contributed by atoms with Gasteiger partial charge in [-0.2, -0.15) is 0 Å². The molecule has 1 heterocycles. The maximum absolute atomic E-state index is 12.7. The average molecular weight is 437 g/mol. The third-order valence-electron chi connectivity index (χ3n) is 4.98. The third kappa shape index (κ3) is 4.20. The lowest BCUT2D eigenvalue weighted by Crippen LogP contribution is -2.12. The molecule has 0 aliphatic heterocycles. The highest BCUT2D eigenvalue weighted by Gasteiger charge is 2.16.